The summed E-state index contributed by atoms with van der Waals surface area (Å²) in [5.41, 5.74) is 5.40. The fourth-order valence-corrected chi connectivity index (χ4v) is 1.78. The topological polar surface area (TPSA) is 72.5 Å². The van der Waals surface area contributed by atoms with Crippen LogP contribution in [0.25, 0.3) is 0 Å². The van der Waals surface area contributed by atoms with Crippen LogP contribution < -0.4 is 10.5 Å². The summed E-state index contributed by atoms with van der Waals surface area (Å²) in [4.78, 5) is 10.6. The van der Waals surface area contributed by atoms with E-state index >= 15 is 0 Å². The summed E-state index contributed by atoms with van der Waals surface area (Å²) in [5.74, 6) is -4.10. The minimum Gasteiger partial charge on any atom is -0.496 e. The lowest BCUT2D eigenvalue weighted by Crippen LogP contribution is -2.21. The maximum absolute atomic E-state index is 13.5. The second-order valence-electron chi connectivity index (χ2n) is 4.01. The average molecular weight is 259 g/mol. The highest BCUT2D eigenvalue weighted by atomic mass is 19.3. The number of halogens is 2. The van der Waals surface area contributed by atoms with Crippen LogP contribution in [0.5, 0.6) is 5.75 Å². The van der Waals surface area contributed by atoms with Crippen molar-refractivity contribution in [3.05, 3.63) is 29.3 Å². The van der Waals surface area contributed by atoms with Crippen molar-refractivity contribution in [3.63, 3.8) is 0 Å². The zero-order chi connectivity index (χ0) is 13.9. The number of carboxylic acids is 1. The third-order valence-corrected chi connectivity index (χ3v) is 2.52. The van der Waals surface area contributed by atoms with E-state index in [-0.39, 0.29) is 16.9 Å². The Kier molecular flexibility index (Phi) is 4.24. The first-order chi connectivity index (χ1) is 8.27. The first-order valence-electron chi connectivity index (χ1n) is 5.30. The Labute approximate surface area is 103 Å². The van der Waals surface area contributed by atoms with E-state index in [4.69, 9.17) is 15.6 Å². The van der Waals surface area contributed by atoms with Crippen molar-refractivity contribution in [2.45, 2.75) is 25.3 Å². The van der Waals surface area contributed by atoms with Crippen LogP contribution in [0.2, 0.25) is 0 Å². The third-order valence-electron chi connectivity index (χ3n) is 2.52. The number of rotatable bonds is 5. The predicted molar refractivity (Wildman–Crippen MR) is 61.7 cm³/mol. The number of nitrogens with two attached hydrogens (primary N) is 1. The molecule has 0 saturated carbocycles. The van der Waals surface area contributed by atoms with Gasteiger partial charge in [0.05, 0.1) is 13.5 Å². The number of alkyl halides is 2. The van der Waals surface area contributed by atoms with Gasteiger partial charge in [-0.2, -0.15) is 0 Å². The molecule has 0 aliphatic carbocycles. The Bertz CT molecular complexity index is 443. The third kappa shape index (κ3) is 3.16. The van der Waals surface area contributed by atoms with Gasteiger partial charge in [0.15, 0.2) is 0 Å². The first kappa shape index (κ1) is 14.4. The average Bonchev–Trinajstić information content (AvgIpc) is 2.25. The number of methoxy groups -OCH3 is 1. The molecule has 0 radical (unpaired) electrons. The molecule has 0 aromatic heterocycles. The zero-order valence-electron chi connectivity index (χ0n) is 10.1. The van der Waals surface area contributed by atoms with Crippen LogP contribution in [0.15, 0.2) is 18.2 Å². The van der Waals surface area contributed by atoms with Gasteiger partial charge < -0.3 is 15.6 Å². The van der Waals surface area contributed by atoms with E-state index in [1.165, 1.54) is 25.3 Å². The van der Waals surface area contributed by atoms with E-state index in [9.17, 15) is 13.6 Å². The van der Waals surface area contributed by atoms with E-state index in [0.717, 1.165) is 6.92 Å². The summed E-state index contributed by atoms with van der Waals surface area (Å²) in [5, 5.41) is 8.69. The minimum absolute atomic E-state index is 0.0369. The van der Waals surface area contributed by atoms with Crippen molar-refractivity contribution in [2.24, 2.45) is 5.73 Å². The van der Waals surface area contributed by atoms with E-state index in [1.54, 1.807) is 0 Å². The van der Waals surface area contributed by atoms with Gasteiger partial charge in [-0.3, -0.25) is 4.79 Å². The lowest BCUT2D eigenvalue weighted by molar-refractivity contribution is -0.137. The second-order valence-corrected chi connectivity index (χ2v) is 4.01. The molecule has 0 bridgehead atoms. The minimum atomic E-state index is -3.11. The fourth-order valence-electron chi connectivity index (χ4n) is 1.78. The Morgan fingerprint density at radius 3 is 2.61 bits per heavy atom. The molecule has 18 heavy (non-hydrogen) atoms. The van der Waals surface area contributed by atoms with Gasteiger partial charge in [0.25, 0.3) is 5.92 Å². The van der Waals surface area contributed by atoms with Gasteiger partial charge in [-0.1, -0.05) is 12.1 Å². The summed E-state index contributed by atoms with van der Waals surface area (Å²) in [6.45, 7) is 0.735. The summed E-state index contributed by atoms with van der Waals surface area (Å²) in [7, 11) is 1.32. The smallest absolute Gasteiger partial charge is 0.305 e. The van der Waals surface area contributed by atoms with Crippen molar-refractivity contribution >= 4 is 5.97 Å². The van der Waals surface area contributed by atoms with Crippen LogP contribution in [0.3, 0.4) is 0 Å². The number of hydrogen-bond acceptors (Lipinski definition) is 3. The molecular formula is C12H15F2NO3. The van der Waals surface area contributed by atoms with Crippen molar-refractivity contribution in [3.8, 4) is 5.75 Å². The number of ether oxygens (including phenoxy) is 1. The molecule has 3 N–H and O–H groups in total. The Morgan fingerprint density at radius 1 is 1.56 bits per heavy atom. The largest absolute Gasteiger partial charge is 0.496 e. The highest BCUT2D eigenvalue weighted by Gasteiger charge is 2.31. The molecule has 1 rings (SSSR count). The van der Waals surface area contributed by atoms with Crippen molar-refractivity contribution in [2.75, 3.05) is 7.11 Å². The monoisotopic (exact) mass is 259 g/mol. The molecule has 0 spiro atoms. The van der Waals surface area contributed by atoms with Crippen LogP contribution in [0.4, 0.5) is 8.78 Å². The van der Waals surface area contributed by atoms with Crippen LogP contribution in [0.1, 0.15) is 30.5 Å². The second kappa shape index (κ2) is 5.30. The Morgan fingerprint density at radius 2 is 2.17 bits per heavy atom. The summed E-state index contributed by atoms with van der Waals surface area (Å²) < 4.78 is 31.9. The maximum atomic E-state index is 13.5. The van der Waals surface area contributed by atoms with E-state index in [1.807, 2.05) is 0 Å². The van der Waals surface area contributed by atoms with Crippen LogP contribution in [-0.2, 0) is 10.7 Å². The molecule has 0 aliphatic rings. The van der Waals surface area contributed by atoms with Crippen molar-refractivity contribution in [1.29, 1.82) is 0 Å². The Balaban J connectivity index is 3.32. The molecule has 100 valence electrons. The molecular weight excluding hydrogens is 244 g/mol. The number of aliphatic carboxylic acids is 1. The highest BCUT2D eigenvalue weighted by Crippen LogP contribution is 2.38. The van der Waals surface area contributed by atoms with Gasteiger partial charge in [0.1, 0.15) is 5.75 Å². The SMILES string of the molecule is COc1cccc(C(C)(F)F)c1C(N)CC(=O)O. The number of benzene rings is 1. The quantitative estimate of drug-likeness (QED) is 0.850. The van der Waals surface area contributed by atoms with Crippen molar-refractivity contribution < 1.29 is 23.4 Å². The van der Waals surface area contributed by atoms with Crippen LogP contribution in [0, 0.1) is 0 Å². The van der Waals surface area contributed by atoms with Gasteiger partial charge in [0, 0.05) is 24.1 Å². The van der Waals surface area contributed by atoms with Crippen LogP contribution >= 0.6 is 0 Å². The molecule has 6 heteroatoms. The van der Waals surface area contributed by atoms with Crippen molar-refractivity contribution in [1.82, 2.24) is 0 Å². The number of carbonyl (C=O) groups is 1. The molecule has 1 aromatic rings. The molecule has 0 aliphatic heterocycles. The number of hydrogen-bond donors (Lipinski definition) is 2. The molecule has 4 nitrogen and oxygen atoms in total. The molecule has 0 fully saturated rings. The molecule has 1 aromatic carbocycles. The van der Waals surface area contributed by atoms with Gasteiger partial charge in [-0.15, -0.1) is 0 Å². The summed E-state index contributed by atoms with van der Waals surface area (Å²) in [6, 6.07) is 3.08. The highest BCUT2D eigenvalue weighted by molar-refractivity contribution is 5.68. The standard InChI is InChI=1S/C12H15F2NO3/c1-12(13,14)7-4-3-5-9(18-2)11(7)8(15)6-10(16)17/h3-5,8H,6,15H2,1-2H3,(H,16,17). The fraction of sp³-hybridized carbons (Fsp3) is 0.417. The van der Waals surface area contributed by atoms with Gasteiger partial charge in [-0.25, -0.2) is 8.78 Å². The zero-order valence-corrected chi connectivity index (χ0v) is 10.1. The lowest BCUT2D eigenvalue weighted by Gasteiger charge is -2.22. The first-order valence-corrected chi connectivity index (χ1v) is 5.30. The Hall–Kier alpha value is -1.69. The summed E-state index contributed by atoms with van der Waals surface area (Å²) >= 11 is 0. The lowest BCUT2D eigenvalue weighted by atomic mass is 9.94. The number of carboxylic acid groups (broad SMARTS) is 1. The molecule has 1 atom stereocenters. The molecule has 0 amide bonds. The van der Waals surface area contributed by atoms with E-state index < -0.39 is 24.4 Å². The normalized spacial score (nSPS) is 13.2. The summed E-state index contributed by atoms with van der Waals surface area (Å²) in [6.07, 6.45) is -0.441. The van der Waals surface area contributed by atoms with E-state index in [0.29, 0.717) is 0 Å². The van der Waals surface area contributed by atoms with E-state index in [2.05, 4.69) is 0 Å². The molecule has 0 heterocycles. The predicted octanol–water partition coefficient (Wildman–Crippen LogP) is 2.28. The van der Waals surface area contributed by atoms with Gasteiger partial charge in [-0.05, 0) is 6.07 Å². The van der Waals surface area contributed by atoms with Crippen LogP contribution in [-0.4, -0.2) is 18.2 Å². The molecule has 0 saturated heterocycles. The van der Waals surface area contributed by atoms with Gasteiger partial charge in [0.2, 0.25) is 0 Å². The maximum Gasteiger partial charge on any atom is 0.305 e. The van der Waals surface area contributed by atoms with Gasteiger partial charge >= 0.3 is 5.97 Å². The molecule has 1 unspecified atom stereocenters.